The van der Waals surface area contributed by atoms with Crippen molar-refractivity contribution in [3.8, 4) is 0 Å². The molecule has 2 rings (SSSR count). The lowest BCUT2D eigenvalue weighted by Gasteiger charge is -2.48. The van der Waals surface area contributed by atoms with Gasteiger partial charge in [-0.1, -0.05) is 12.8 Å². The molecule has 0 bridgehead atoms. The molecule has 2 aliphatic rings. The third-order valence-corrected chi connectivity index (χ3v) is 4.90. The Kier molecular flexibility index (Phi) is 3.78. The molecule has 1 N–H and O–H groups in total. The van der Waals surface area contributed by atoms with Gasteiger partial charge in [0.15, 0.2) is 0 Å². The predicted octanol–water partition coefficient (Wildman–Crippen LogP) is 2.91. The Morgan fingerprint density at radius 1 is 1.29 bits per heavy atom. The van der Waals surface area contributed by atoms with Crippen molar-refractivity contribution in [2.24, 2.45) is 11.3 Å². The lowest BCUT2D eigenvalue weighted by Crippen LogP contribution is -2.57. The van der Waals surface area contributed by atoms with Crippen LogP contribution in [0.5, 0.6) is 0 Å². The van der Waals surface area contributed by atoms with Crippen molar-refractivity contribution < 1.29 is 0 Å². The second-order valence-electron chi connectivity index (χ2n) is 5.04. The highest BCUT2D eigenvalue weighted by molar-refractivity contribution is 7.98. The first-order valence-electron chi connectivity index (χ1n) is 6.07. The summed E-state index contributed by atoms with van der Waals surface area (Å²) in [4.78, 5) is 0. The third kappa shape index (κ3) is 2.11. The van der Waals surface area contributed by atoms with E-state index in [4.69, 9.17) is 0 Å². The fourth-order valence-electron chi connectivity index (χ4n) is 3.22. The average molecular weight is 213 g/mol. The number of rotatable bonds is 5. The fraction of sp³-hybridized carbons (Fsp3) is 1.00. The Balaban J connectivity index is 1.82. The smallest absolute Gasteiger partial charge is 0.00229 e. The summed E-state index contributed by atoms with van der Waals surface area (Å²) in [5.41, 5.74) is 0.728. The van der Waals surface area contributed by atoms with E-state index in [9.17, 15) is 0 Å². The molecule has 82 valence electrons. The van der Waals surface area contributed by atoms with Gasteiger partial charge in [0, 0.05) is 13.1 Å². The fourth-order valence-corrected chi connectivity index (χ4v) is 3.66. The van der Waals surface area contributed by atoms with Crippen LogP contribution in [0.4, 0.5) is 0 Å². The molecule has 0 aromatic rings. The second-order valence-corrected chi connectivity index (χ2v) is 6.03. The molecule has 1 aliphatic carbocycles. The van der Waals surface area contributed by atoms with Crippen LogP contribution < -0.4 is 5.32 Å². The maximum absolute atomic E-state index is 3.50. The van der Waals surface area contributed by atoms with Crippen LogP contribution in [-0.4, -0.2) is 25.1 Å². The van der Waals surface area contributed by atoms with Gasteiger partial charge in [0.05, 0.1) is 0 Å². The van der Waals surface area contributed by atoms with Crippen LogP contribution in [0.1, 0.15) is 38.5 Å². The molecule has 2 heteroatoms. The van der Waals surface area contributed by atoms with Crippen LogP contribution in [-0.2, 0) is 0 Å². The zero-order valence-electron chi connectivity index (χ0n) is 9.35. The van der Waals surface area contributed by atoms with Gasteiger partial charge in [-0.15, -0.1) is 0 Å². The second kappa shape index (κ2) is 4.89. The summed E-state index contributed by atoms with van der Waals surface area (Å²) in [5, 5.41) is 3.50. The van der Waals surface area contributed by atoms with Crippen LogP contribution in [0.3, 0.4) is 0 Å². The van der Waals surface area contributed by atoms with Gasteiger partial charge in [0.2, 0.25) is 0 Å². The van der Waals surface area contributed by atoms with Gasteiger partial charge in [-0.05, 0) is 49.0 Å². The normalized spacial score (nSPS) is 26.4. The van der Waals surface area contributed by atoms with E-state index in [0.717, 1.165) is 11.3 Å². The highest BCUT2D eigenvalue weighted by atomic mass is 32.2. The first-order chi connectivity index (χ1) is 6.87. The van der Waals surface area contributed by atoms with Crippen molar-refractivity contribution >= 4 is 11.8 Å². The van der Waals surface area contributed by atoms with Crippen LogP contribution in [0.25, 0.3) is 0 Å². The van der Waals surface area contributed by atoms with Crippen molar-refractivity contribution in [2.45, 2.75) is 38.5 Å². The Labute approximate surface area is 92.4 Å². The highest BCUT2D eigenvalue weighted by Gasteiger charge is 2.43. The number of nitrogens with one attached hydrogen (secondary N) is 1. The van der Waals surface area contributed by atoms with E-state index < -0.39 is 0 Å². The van der Waals surface area contributed by atoms with Crippen LogP contribution in [0.2, 0.25) is 0 Å². The molecular formula is C12H23NS. The molecule has 1 aliphatic heterocycles. The zero-order valence-corrected chi connectivity index (χ0v) is 10.2. The summed E-state index contributed by atoms with van der Waals surface area (Å²) in [6.07, 6.45) is 11.2. The predicted molar refractivity (Wildman–Crippen MR) is 64.9 cm³/mol. The largest absolute Gasteiger partial charge is 0.316 e. The van der Waals surface area contributed by atoms with Gasteiger partial charge in [0.25, 0.3) is 0 Å². The summed E-state index contributed by atoms with van der Waals surface area (Å²) in [5.74, 6) is 2.42. The summed E-state index contributed by atoms with van der Waals surface area (Å²) in [6, 6.07) is 0. The van der Waals surface area contributed by atoms with Crippen molar-refractivity contribution in [3.63, 3.8) is 0 Å². The number of hydrogen-bond donors (Lipinski definition) is 1. The van der Waals surface area contributed by atoms with Crippen LogP contribution >= 0.6 is 11.8 Å². The minimum atomic E-state index is 0.728. The molecule has 1 saturated heterocycles. The van der Waals surface area contributed by atoms with Crippen molar-refractivity contribution in [3.05, 3.63) is 0 Å². The van der Waals surface area contributed by atoms with Gasteiger partial charge in [0.1, 0.15) is 0 Å². The van der Waals surface area contributed by atoms with E-state index in [-0.39, 0.29) is 0 Å². The molecule has 0 aromatic heterocycles. The van der Waals surface area contributed by atoms with E-state index >= 15 is 0 Å². The summed E-state index contributed by atoms with van der Waals surface area (Å²) >= 11 is 2.00. The number of thioether (sulfide) groups is 1. The zero-order chi connectivity index (χ0) is 9.86. The molecule has 0 radical (unpaired) electrons. The molecule has 0 amide bonds. The van der Waals surface area contributed by atoms with Gasteiger partial charge in [-0.25, -0.2) is 0 Å². The van der Waals surface area contributed by atoms with Gasteiger partial charge < -0.3 is 5.32 Å². The minimum absolute atomic E-state index is 0.728. The molecule has 1 nitrogen and oxygen atoms in total. The Morgan fingerprint density at radius 3 is 2.50 bits per heavy atom. The monoisotopic (exact) mass is 213 g/mol. The van der Waals surface area contributed by atoms with E-state index in [0.29, 0.717) is 0 Å². The molecule has 0 spiro atoms. The SMILES string of the molecule is CSCCCC1(C2CCCC2)CNC1. The topological polar surface area (TPSA) is 12.0 Å². The minimum Gasteiger partial charge on any atom is -0.316 e. The highest BCUT2D eigenvalue weighted by Crippen LogP contribution is 2.45. The maximum Gasteiger partial charge on any atom is 0.00229 e. The summed E-state index contributed by atoms with van der Waals surface area (Å²) < 4.78 is 0. The van der Waals surface area contributed by atoms with Gasteiger partial charge in [-0.2, -0.15) is 11.8 Å². The quantitative estimate of drug-likeness (QED) is 0.705. The number of hydrogen-bond acceptors (Lipinski definition) is 2. The van der Waals surface area contributed by atoms with E-state index in [2.05, 4.69) is 11.6 Å². The Hall–Kier alpha value is 0.310. The van der Waals surface area contributed by atoms with Gasteiger partial charge in [-0.3, -0.25) is 0 Å². The van der Waals surface area contributed by atoms with Gasteiger partial charge >= 0.3 is 0 Å². The Bertz CT molecular complexity index is 171. The van der Waals surface area contributed by atoms with Crippen molar-refractivity contribution in [1.29, 1.82) is 0 Å². The summed E-state index contributed by atoms with van der Waals surface area (Å²) in [7, 11) is 0. The molecule has 14 heavy (non-hydrogen) atoms. The standard InChI is InChI=1S/C12H23NS/c1-14-8-4-7-12(9-13-10-12)11-5-2-3-6-11/h11,13H,2-10H2,1H3. The first-order valence-corrected chi connectivity index (χ1v) is 7.46. The molecule has 0 atom stereocenters. The summed E-state index contributed by atoms with van der Waals surface area (Å²) in [6.45, 7) is 2.62. The molecule has 1 saturated carbocycles. The Morgan fingerprint density at radius 2 is 2.00 bits per heavy atom. The van der Waals surface area contributed by atoms with Crippen molar-refractivity contribution in [2.75, 3.05) is 25.1 Å². The van der Waals surface area contributed by atoms with E-state index in [1.165, 1.54) is 57.4 Å². The van der Waals surface area contributed by atoms with Crippen LogP contribution in [0, 0.1) is 11.3 Å². The van der Waals surface area contributed by atoms with E-state index in [1.807, 2.05) is 11.8 Å². The lowest BCUT2D eigenvalue weighted by atomic mass is 9.67. The maximum atomic E-state index is 3.50. The molecule has 0 unspecified atom stereocenters. The molecule has 0 aromatic carbocycles. The lowest BCUT2D eigenvalue weighted by molar-refractivity contribution is 0.0694. The average Bonchev–Trinajstić information content (AvgIpc) is 2.62. The molecular weight excluding hydrogens is 190 g/mol. The van der Waals surface area contributed by atoms with Crippen molar-refractivity contribution in [1.82, 2.24) is 5.32 Å². The third-order valence-electron chi connectivity index (χ3n) is 4.20. The van der Waals surface area contributed by atoms with Crippen LogP contribution in [0.15, 0.2) is 0 Å². The van der Waals surface area contributed by atoms with E-state index in [1.54, 1.807) is 0 Å². The first kappa shape index (κ1) is 10.8. The molecule has 1 heterocycles. The molecule has 2 fully saturated rings.